The van der Waals surface area contributed by atoms with Gasteiger partial charge in [0.2, 0.25) is 17.7 Å². The fourth-order valence-electron chi connectivity index (χ4n) is 6.24. The molecule has 4 aliphatic rings. The Hall–Kier alpha value is -3.52. The van der Waals surface area contributed by atoms with Gasteiger partial charge in [0, 0.05) is 24.2 Å². The van der Waals surface area contributed by atoms with Crippen molar-refractivity contribution in [3.05, 3.63) is 54.1 Å². The first kappa shape index (κ1) is 19.2. The number of hydrogen-bond acceptors (Lipinski definition) is 6. The Morgan fingerprint density at radius 2 is 1.81 bits per heavy atom. The number of hydrogen-bond donors (Lipinski definition) is 1. The van der Waals surface area contributed by atoms with E-state index < -0.39 is 23.3 Å². The number of anilines is 2. The van der Waals surface area contributed by atoms with Crippen molar-refractivity contribution in [3.63, 3.8) is 0 Å². The van der Waals surface area contributed by atoms with E-state index >= 15 is 0 Å². The summed E-state index contributed by atoms with van der Waals surface area (Å²) in [7, 11) is 0. The molecule has 3 fully saturated rings. The van der Waals surface area contributed by atoms with Crippen molar-refractivity contribution in [1.29, 1.82) is 0 Å². The minimum absolute atomic E-state index is 0.154. The molecule has 162 valence electrons. The third kappa shape index (κ3) is 2.25. The summed E-state index contributed by atoms with van der Waals surface area (Å²) in [5.41, 5.74) is 0.726. The van der Waals surface area contributed by atoms with Gasteiger partial charge in [-0.1, -0.05) is 18.2 Å². The Bertz CT molecular complexity index is 1190. The van der Waals surface area contributed by atoms with Gasteiger partial charge in [-0.2, -0.15) is 0 Å². The Kier molecular flexibility index (Phi) is 3.89. The van der Waals surface area contributed by atoms with Crippen LogP contribution in [0.15, 0.2) is 48.5 Å². The SMILES string of the molecule is CC(=O)Oc1ccc(N2C(=O)[C@H]3[C@H]4CCCN4[C@]4(C(=O)Nc5ccccc54)[C@@H]3C2=O)cc1. The van der Waals surface area contributed by atoms with E-state index in [1.54, 1.807) is 24.3 Å². The summed E-state index contributed by atoms with van der Waals surface area (Å²) in [5, 5.41) is 2.96. The van der Waals surface area contributed by atoms with Gasteiger partial charge in [-0.05, 0) is 49.7 Å². The average molecular weight is 431 g/mol. The van der Waals surface area contributed by atoms with Crippen LogP contribution in [0.5, 0.6) is 5.75 Å². The van der Waals surface area contributed by atoms with Crippen molar-refractivity contribution in [1.82, 2.24) is 4.90 Å². The lowest BCUT2D eigenvalue weighted by atomic mass is 9.75. The third-order valence-electron chi connectivity index (χ3n) is 7.26. The fourth-order valence-corrected chi connectivity index (χ4v) is 6.24. The van der Waals surface area contributed by atoms with Crippen molar-refractivity contribution >= 4 is 35.1 Å². The molecular weight excluding hydrogens is 410 g/mol. The van der Waals surface area contributed by atoms with Crippen molar-refractivity contribution in [2.75, 3.05) is 16.8 Å². The van der Waals surface area contributed by atoms with Crippen LogP contribution in [0.2, 0.25) is 0 Å². The first-order valence-electron chi connectivity index (χ1n) is 10.8. The number of nitrogens with zero attached hydrogens (tertiary/aromatic N) is 2. The van der Waals surface area contributed by atoms with Gasteiger partial charge in [0.25, 0.3) is 0 Å². The van der Waals surface area contributed by atoms with Crippen LogP contribution in [0.3, 0.4) is 0 Å². The van der Waals surface area contributed by atoms with E-state index in [2.05, 4.69) is 10.2 Å². The van der Waals surface area contributed by atoms with E-state index in [4.69, 9.17) is 4.74 Å². The number of fused-ring (bicyclic) bond motifs is 7. The van der Waals surface area contributed by atoms with Gasteiger partial charge in [0.1, 0.15) is 11.3 Å². The summed E-state index contributed by atoms with van der Waals surface area (Å²) in [5.74, 6) is -2.33. The lowest BCUT2D eigenvalue weighted by Gasteiger charge is -2.36. The maximum Gasteiger partial charge on any atom is 0.308 e. The van der Waals surface area contributed by atoms with E-state index in [1.807, 2.05) is 24.3 Å². The molecule has 1 spiro atoms. The first-order chi connectivity index (χ1) is 15.4. The zero-order valence-electron chi connectivity index (χ0n) is 17.4. The number of ether oxygens (including phenoxy) is 1. The lowest BCUT2D eigenvalue weighted by Crippen LogP contribution is -2.54. The molecule has 8 heteroatoms. The van der Waals surface area contributed by atoms with Crippen molar-refractivity contribution in [2.45, 2.75) is 31.3 Å². The highest BCUT2D eigenvalue weighted by Gasteiger charge is 2.74. The molecule has 4 atom stereocenters. The number of imide groups is 1. The molecule has 3 saturated heterocycles. The van der Waals surface area contributed by atoms with Crippen LogP contribution in [-0.2, 0) is 24.7 Å². The van der Waals surface area contributed by atoms with Gasteiger partial charge in [0.15, 0.2) is 0 Å². The summed E-state index contributed by atoms with van der Waals surface area (Å²) < 4.78 is 5.06. The molecule has 8 nitrogen and oxygen atoms in total. The molecule has 0 aliphatic carbocycles. The molecule has 4 aliphatic heterocycles. The van der Waals surface area contributed by atoms with Gasteiger partial charge in [0.05, 0.1) is 17.5 Å². The maximum absolute atomic E-state index is 13.8. The number of para-hydroxylation sites is 1. The number of rotatable bonds is 2. The largest absolute Gasteiger partial charge is 0.427 e. The normalized spacial score (nSPS) is 30.5. The Morgan fingerprint density at radius 3 is 2.56 bits per heavy atom. The molecule has 4 heterocycles. The van der Waals surface area contributed by atoms with Crippen molar-refractivity contribution < 1.29 is 23.9 Å². The van der Waals surface area contributed by atoms with Crippen LogP contribution in [-0.4, -0.2) is 41.2 Å². The minimum Gasteiger partial charge on any atom is -0.427 e. The molecule has 6 rings (SSSR count). The van der Waals surface area contributed by atoms with Crippen LogP contribution in [0.25, 0.3) is 0 Å². The van der Waals surface area contributed by atoms with E-state index in [0.717, 1.165) is 18.4 Å². The van der Waals surface area contributed by atoms with E-state index in [1.165, 1.54) is 11.8 Å². The molecular formula is C24H21N3O5. The van der Waals surface area contributed by atoms with Gasteiger partial charge in [-0.3, -0.25) is 24.1 Å². The van der Waals surface area contributed by atoms with Crippen molar-refractivity contribution in [2.24, 2.45) is 11.8 Å². The molecule has 32 heavy (non-hydrogen) atoms. The van der Waals surface area contributed by atoms with Gasteiger partial charge >= 0.3 is 5.97 Å². The minimum atomic E-state index is -1.17. The highest BCUT2D eigenvalue weighted by Crippen LogP contribution is 2.60. The quantitative estimate of drug-likeness (QED) is 0.444. The molecule has 3 amide bonds. The number of nitrogens with one attached hydrogen (secondary N) is 1. The van der Waals surface area contributed by atoms with Gasteiger partial charge in [-0.15, -0.1) is 0 Å². The van der Waals surface area contributed by atoms with Crippen LogP contribution < -0.4 is 15.0 Å². The summed E-state index contributed by atoms with van der Waals surface area (Å²) in [6.07, 6.45) is 1.65. The zero-order chi connectivity index (χ0) is 22.2. The lowest BCUT2D eigenvalue weighted by molar-refractivity contribution is -0.135. The third-order valence-corrected chi connectivity index (χ3v) is 7.26. The Morgan fingerprint density at radius 1 is 1.06 bits per heavy atom. The summed E-state index contributed by atoms with van der Waals surface area (Å²) >= 11 is 0. The van der Waals surface area contributed by atoms with Crippen LogP contribution in [0.4, 0.5) is 11.4 Å². The van der Waals surface area contributed by atoms with E-state index in [0.29, 0.717) is 23.7 Å². The van der Waals surface area contributed by atoms with Crippen molar-refractivity contribution in [3.8, 4) is 5.75 Å². The highest BCUT2D eigenvalue weighted by atomic mass is 16.5. The fraction of sp³-hybridized carbons (Fsp3) is 0.333. The monoisotopic (exact) mass is 431 g/mol. The number of esters is 1. The second kappa shape index (κ2) is 6.49. The molecule has 0 unspecified atom stereocenters. The number of carbonyl (C=O) groups excluding carboxylic acids is 4. The van der Waals surface area contributed by atoms with Crippen LogP contribution >= 0.6 is 0 Å². The summed E-state index contributed by atoms with van der Waals surface area (Å²) in [4.78, 5) is 55.4. The van der Waals surface area contributed by atoms with Gasteiger partial charge in [-0.25, -0.2) is 4.90 Å². The van der Waals surface area contributed by atoms with Crippen LogP contribution in [0.1, 0.15) is 25.3 Å². The molecule has 1 N–H and O–H groups in total. The number of carbonyl (C=O) groups is 4. The predicted molar refractivity (Wildman–Crippen MR) is 114 cm³/mol. The predicted octanol–water partition coefficient (Wildman–Crippen LogP) is 2.04. The summed E-state index contributed by atoms with van der Waals surface area (Å²) in [6, 6.07) is 13.6. The topological polar surface area (TPSA) is 96.0 Å². The molecule has 0 saturated carbocycles. The zero-order valence-corrected chi connectivity index (χ0v) is 17.4. The molecule has 0 aromatic heterocycles. The second-order valence-corrected chi connectivity index (χ2v) is 8.77. The molecule has 2 aromatic carbocycles. The molecule has 0 bridgehead atoms. The molecule has 2 aromatic rings. The number of benzene rings is 2. The van der Waals surface area contributed by atoms with E-state index in [9.17, 15) is 19.2 Å². The number of amides is 3. The average Bonchev–Trinajstić information content (AvgIpc) is 3.47. The smallest absolute Gasteiger partial charge is 0.308 e. The van der Waals surface area contributed by atoms with Gasteiger partial charge < -0.3 is 10.1 Å². The Balaban J connectivity index is 1.46. The van der Waals surface area contributed by atoms with Crippen LogP contribution in [0, 0.1) is 11.8 Å². The second-order valence-electron chi connectivity index (χ2n) is 8.77. The Labute approximate surface area is 184 Å². The highest BCUT2D eigenvalue weighted by molar-refractivity contribution is 6.25. The standard InChI is InChI=1S/C24H21N3O5/c1-13(28)32-15-10-8-14(9-11-15)27-21(29)19-18-7-4-12-26(18)24(20(19)22(27)30)16-5-2-3-6-17(16)25-23(24)31/h2-3,5-6,8-11,18-20H,4,7,12H2,1H3,(H,25,31)/t18-,19+,20+,24+/m1/s1. The first-order valence-corrected chi connectivity index (χ1v) is 10.8. The molecule has 0 radical (unpaired) electrons. The van der Waals surface area contributed by atoms with E-state index in [-0.39, 0.29) is 23.8 Å². The maximum atomic E-state index is 13.8. The summed E-state index contributed by atoms with van der Waals surface area (Å²) in [6.45, 7) is 1.98.